The molecule has 2 bridgehead atoms. The van der Waals surface area contributed by atoms with Gasteiger partial charge >= 0.3 is 17.9 Å². The minimum absolute atomic E-state index is 0.00760. The van der Waals surface area contributed by atoms with E-state index in [1.807, 2.05) is 0 Å². The summed E-state index contributed by atoms with van der Waals surface area (Å²) in [6, 6.07) is 0. The fraction of sp³-hybridized carbons (Fsp3) is 0.800. The van der Waals surface area contributed by atoms with Crippen molar-refractivity contribution in [2.45, 2.75) is 88.9 Å². The molecule has 8 atom stereocenters. The van der Waals surface area contributed by atoms with Crippen LogP contribution in [0.15, 0.2) is 11.6 Å². The van der Waals surface area contributed by atoms with Crippen molar-refractivity contribution in [3.63, 3.8) is 0 Å². The van der Waals surface area contributed by atoms with E-state index in [2.05, 4.69) is 6.92 Å². The zero-order chi connectivity index (χ0) is 22.5. The predicted octanol–water partition coefficient (Wildman–Crippen LogP) is 2.83. The number of rotatable bonds is 2. The van der Waals surface area contributed by atoms with Crippen molar-refractivity contribution in [1.82, 2.24) is 0 Å². The van der Waals surface area contributed by atoms with E-state index < -0.39 is 16.6 Å². The monoisotopic (exact) mass is 444 g/mol. The zero-order valence-corrected chi connectivity index (χ0v) is 18.9. The minimum atomic E-state index is -1.19. The van der Waals surface area contributed by atoms with E-state index >= 15 is 0 Å². The normalized spacial score (nSPS) is 51.2. The molecule has 0 amide bonds. The Hall–Kier alpha value is -1.89. The van der Waals surface area contributed by atoms with Crippen LogP contribution in [-0.2, 0) is 28.6 Å². The lowest BCUT2D eigenvalue weighted by Gasteiger charge is -2.61. The zero-order valence-electron chi connectivity index (χ0n) is 18.9. The number of esters is 3. The number of hydrogen-bond acceptors (Lipinski definition) is 7. The highest BCUT2D eigenvalue weighted by molar-refractivity contribution is 5.85. The van der Waals surface area contributed by atoms with Crippen molar-refractivity contribution >= 4 is 17.9 Å². The summed E-state index contributed by atoms with van der Waals surface area (Å²) in [5, 5.41) is 11.9. The summed E-state index contributed by atoms with van der Waals surface area (Å²) in [6.45, 7) is 4.07. The van der Waals surface area contributed by atoms with Gasteiger partial charge in [-0.25, -0.2) is 4.79 Å². The second-order valence-corrected chi connectivity index (χ2v) is 11.4. The molecule has 2 heterocycles. The molecule has 7 nitrogen and oxygen atoms in total. The third-order valence-corrected chi connectivity index (χ3v) is 10.4. The van der Waals surface area contributed by atoms with Crippen LogP contribution in [0.5, 0.6) is 0 Å². The van der Waals surface area contributed by atoms with E-state index in [0.29, 0.717) is 38.7 Å². The molecule has 1 N–H and O–H groups in total. The first-order chi connectivity index (χ1) is 15.1. The first-order valence-electron chi connectivity index (χ1n) is 12.1. The maximum absolute atomic E-state index is 13.6. The SMILES string of the molecule is CC(=O)O[C@@H]1CC[C@]23C(=O)O[C@]4(CC[C@@]2(O)C1)[C@H]3CC[C@@]1(C)[C@H](C2=CC(=O)OC2)CC[C@@H]14. The van der Waals surface area contributed by atoms with Gasteiger partial charge in [0.05, 0.1) is 5.60 Å². The van der Waals surface area contributed by atoms with Gasteiger partial charge in [-0.2, -0.15) is 0 Å². The molecular weight excluding hydrogens is 412 g/mol. The van der Waals surface area contributed by atoms with Gasteiger partial charge in [-0.3, -0.25) is 9.59 Å². The Morgan fingerprint density at radius 2 is 1.91 bits per heavy atom. The molecular formula is C25H32O7. The second kappa shape index (κ2) is 6.37. The Morgan fingerprint density at radius 1 is 1.09 bits per heavy atom. The van der Waals surface area contributed by atoms with Crippen LogP contribution in [0.3, 0.4) is 0 Å². The summed E-state index contributed by atoms with van der Waals surface area (Å²) < 4.78 is 17.1. The smallest absolute Gasteiger partial charge is 0.331 e. The molecule has 0 aromatic rings. The molecule has 6 aliphatic rings. The summed E-state index contributed by atoms with van der Waals surface area (Å²) in [4.78, 5) is 36.9. The lowest BCUT2D eigenvalue weighted by molar-refractivity contribution is -0.218. The van der Waals surface area contributed by atoms with Crippen LogP contribution in [0.2, 0.25) is 0 Å². The Morgan fingerprint density at radius 3 is 2.62 bits per heavy atom. The quantitative estimate of drug-likeness (QED) is 0.516. The van der Waals surface area contributed by atoms with E-state index in [1.54, 1.807) is 6.08 Å². The van der Waals surface area contributed by atoms with Crippen molar-refractivity contribution < 1.29 is 33.7 Å². The molecule has 4 saturated carbocycles. The van der Waals surface area contributed by atoms with Gasteiger partial charge in [0, 0.05) is 31.3 Å². The number of aliphatic hydroxyl groups is 1. The predicted molar refractivity (Wildman–Crippen MR) is 111 cm³/mol. The van der Waals surface area contributed by atoms with Crippen LogP contribution in [0.4, 0.5) is 0 Å². The van der Waals surface area contributed by atoms with Gasteiger partial charge in [-0.15, -0.1) is 0 Å². The Labute approximate surface area is 187 Å². The Bertz CT molecular complexity index is 941. The number of carbonyl (C=O) groups is 3. The van der Waals surface area contributed by atoms with Crippen LogP contribution < -0.4 is 0 Å². The summed E-state index contributed by atoms with van der Waals surface area (Å²) in [5.74, 6) is -0.360. The molecule has 5 fully saturated rings. The standard InChI is InChI=1S/C25H32O7/c1-14(26)31-16-5-8-24-19-6-7-22(2)17(15-11-20(27)30-13-15)3-4-18(22)25(19,32-21(24)28)10-9-23(24,29)12-16/h11,16-19,29H,3-10,12-13H2,1-2H3/t16-,17+,18+,19+,22+,23-,24+,25+/m1/s1. The first-order valence-corrected chi connectivity index (χ1v) is 12.1. The highest BCUT2D eigenvalue weighted by Crippen LogP contribution is 2.75. The van der Waals surface area contributed by atoms with Crippen molar-refractivity contribution in [1.29, 1.82) is 0 Å². The fourth-order valence-electron chi connectivity index (χ4n) is 9.27. The molecule has 4 aliphatic carbocycles. The molecule has 174 valence electrons. The molecule has 32 heavy (non-hydrogen) atoms. The van der Waals surface area contributed by atoms with Gasteiger partial charge in [0.25, 0.3) is 0 Å². The van der Waals surface area contributed by atoms with Crippen molar-refractivity contribution in [2.75, 3.05) is 6.61 Å². The maximum Gasteiger partial charge on any atom is 0.331 e. The maximum atomic E-state index is 13.6. The molecule has 0 radical (unpaired) electrons. The summed E-state index contributed by atoms with van der Waals surface area (Å²) >= 11 is 0. The van der Waals surface area contributed by atoms with Gasteiger partial charge < -0.3 is 19.3 Å². The molecule has 0 aromatic heterocycles. The van der Waals surface area contributed by atoms with Crippen LogP contribution in [0, 0.1) is 28.6 Å². The highest BCUT2D eigenvalue weighted by atomic mass is 16.6. The molecule has 6 rings (SSSR count). The van der Waals surface area contributed by atoms with Crippen LogP contribution in [0.25, 0.3) is 0 Å². The Balaban J connectivity index is 1.35. The summed E-state index contributed by atoms with van der Waals surface area (Å²) in [5.41, 5.74) is -1.58. The molecule has 2 aliphatic heterocycles. The lowest BCUT2D eigenvalue weighted by atomic mass is 9.42. The Kier molecular flexibility index (Phi) is 4.12. The van der Waals surface area contributed by atoms with Gasteiger partial charge in [0.2, 0.25) is 0 Å². The van der Waals surface area contributed by atoms with Crippen molar-refractivity contribution in [2.24, 2.45) is 28.6 Å². The van der Waals surface area contributed by atoms with Gasteiger partial charge in [0.15, 0.2) is 0 Å². The number of ether oxygens (including phenoxy) is 3. The third-order valence-electron chi connectivity index (χ3n) is 10.4. The molecule has 0 unspecified atom stereocenters. The van der Waals surface area contributed by atoms with Gasteiger partial charge in [-0.1, -0.05) is 6.92 Å². The number of cyclic esters (lactones) is 1. The highest BCUT2D eigenvalue weighted by Gasteiger charge is 2.80. The number of fused-ring (bicyclic) bond motifs is 1. The van der Waals surface area contributed by atoms with Crippen LogP contribution in [0.1, 0.15) is 71.6 Å². The van der Waals surface area contributed by atoms with Crippen molar-refractivity contribution in [3.05, 3.63) is 11.6 Å². The fourth-order valence-corrected chi connectivity index (χ4v) is 9.27. The second-order valence-electron chi connectivity index (χ2n) is 11.4. The molecule has 0 aromatic carbocycles. The lowest BCUT2D eigenvalue weighted by Crippen LogP contribution is -2.67. The largest absolute Gasteiger partial charge is 0.462 e. The van der Waals surface area contributed by atoms with Crippen molar-refractivity contribution in [3.8, 4) is 0 Å². The number of carbonyl (C=O) groups excluding carboxylic acids is 3. The minimum Gasteiger partial charge on any atom is -0.462 e. The summed E-state index contributed by atoms with van der Waals surface area (Å²) in [7, 11) is 0. The van der Waals surface area contributed by atoms with Gasteiger partial charge in [0.1, 0.15) is 23.7 Å². The molecule has 1 saturated heterocycles. The van der Waals surface area contributed by atoms with Crippen LogP contribution >= 0.6 is 0 Å². The molecule has 7 heteroatoms. The van der Waals surface area contributed by atoms with Gasteiger partial charge in [-0.05, 0) is 68.3 Å². The topological polar surface area (TPSA) is 99.1 Å². The number of hydrogen-bond donors (Lipinski definition) is 1. The average Bonchev–Trinajstić information content (AvgIpc) is 3.34. The summed E-state index contributed by atoms with van der Waals surface area (Å²) in [6.07, 6.45) is 7.58. The third kappa shape index (κ3) is 2.33. The van der Waals surface area contributed by atoms with E-state index in [4.69, 9.17) is 14.2 Å². The van der Waals surface area contributed by atoms with E-state index in [1.165, 1.54) is 6.92 Å². The van der Waals surface area contributed by atoms with E-state index in [9.17, 15) is 19.5 Å². The molecule has 1 spiro atoms. The first kappa shape index (κ1) is 20.7. The van der Waals surface area contributed by atoms with E-state index in [0.717, 1.165) is 31.3 Å². The van der Waals surface area contributed by atoms with E-state index in [-0.39, 0.29) is 47.2 Å². The average molecular weight is 445 g/mol. The van der Waals surface area contributed by atoms with Crippen LogP contribution in [-0.4, -0.2) is 46.9 Å².